The van der Waals surface area contributed by atoms with Crippen LogP contribution in [0.2, 0.25) is 0 Å². The van der Waals surface area contributed by atoms with Crippen molar-refractivity contribution in [2.24, 2.45) is 0 Å². The van der Waals surface area contributed by atoms with E-state index in [0.29, 0.717) is 22.9 Å². The van der Waals surface area contributed by atoms with Gasteiger partial charge in [0.2, 0.25) is 10.0 Å². The summed E-state index contributed by atoms with van der Waals surface area (Å²) >= 11 is 0. The largest absolute Gasteiger partial charge is 0.446 e. The number of fused-ring (bicyclic) bond motifs is 1. The zero-order valence-corrected chi connectivity index (χ0v) is 17.0. The molecule has 1 aliphatic carbocycles. The molecule has 1 aliphatic heterocycles. The van der Waals surface area contributed by atoms with Gasteiger partial charge in [-0.15, -0.1) is 0 Å². The second kappa shape index (κ2) is 7.54. The number of carbonyl (C=O) groups is 1. The Morgan fingerprint density at radius 3 is 2.97 bits per heavy atom. The van der Waals surface area contributed by atoms with Gasteiger partial charge in [0.1, 0.15) is 11.9 Å². The molecule has 2 aromatic rings. The van der Waals surface area contributed by atoms with Crippen LogP contribution in [-0.4, -0.2) is 41.8 Å². The highest BCUT2D eigenvalue weighted by molar-refractivity contribution is 7.92. The first kappa shape index (κ1) is 19.5. The third kappa shape index (κ3) is 4.44. The Bertz CT molecular complexity index is 1020. The summed E-state index contributed by atoms with van der Waals surface area (Å²) < 4.78 is 31.5. The number of hydrogen-bond donors (Lipinski definition) is 4. The lowest BCUT2D eigenvalue weighted by atomic mass is 10.0. The summed E-state index contributed by atoms with van der Waals surface area (Å²) in [6.07, 6.45) is 3.49. The molecule has 0 unspecified atom stereocenters. The molecule has 0 saturated heterocycles. The Morgan fingerprint density at radius 2 is 2.17 bits per heavy atom. The number of alkyl carbamates (subject to hydrolysis) is 1. The fourth-order valence-corrected chi connectivity index (χ4v) is 4.93. The number of carbonyl (C=O) groups excluding carboxylic acids is 1. The third-order valence-corrected chi connectivity index (χ3v) is 6.18. The van der Waals surface area contributed by atoms with Crippen LogP contribution in [0.3, 0.4) is 0 Å². The molecular formula is C18H24N6O4S. The van der Waals surface area contributed by atoms with Crippen molar-refractivity contribution in [3.8, 4) is 0 Å². The highest BCUT2D eigenvalue weighted by Gasteiger charge is 2.31. The van der Waals surface area contributed by atoms with Gasteiger partial charge < -0.3 is 15.4 Å². The van der Waals surface area contributed by atoms with Gasteiger partial charge in [0.15, 0.2) is 5.82 Å². The van der Waals surface area contributed by atoms with Crippen LogP contribution in [0.4, 0.5) is 22.1 Å². The molecule has 1 fully saturated rings. The molecule has 2 aliphatic rings. The van der Waals surface area contributed by atoms with Crippen molar-refractivity contribution in [2.75, 3.05) is 10.0 Å². The van der Waals surface area contributed by atoms with Crippen LogP contribution < -0.4 is 15.4 Å². The van der Waals surface area contributed by atoms with E-state index in [0.717, 1.165) is 25.0 Å². The summed E-state index contributed by atoms with van der Waals surface area (Å²) in [7, 11) is -3.38. The second-order valence-corrected chi connectivity index (χ2v) is 9.44. The van der Waals surface area contributed by atoms with Crippen molar-refractivity contribution in [1.29, 1.82) is 0 Å². The van der Waals surface area contributed by atoms with Crippen molar-refractivity contribution in [3.63, 3.8) is 0 Å². The molecule has 2 aromatic heterocycles. The molecule has 3 heterocycles. The second-order valence-electron chi connectivity index (χ2n) is 7.72. The van der Waals surface area contributed by atoms with Crippen molar-refractivity contribution < 1.29 is 17.9 Å². The number of rotatable bonds is 5. The van der Waals surface area contributed by atoms with Crippen molar-refractivity contribution in [2.45, 2.75) is 56.9 Å². The quantitative estimate of drug-likeness (QED) is 0.583. The summed E-state index contributed by atoms with van der Waals surface area (Å²) in [4.78, 5) is 15.9. The Kier molecular flexibility index (Phi) is 5.07. The monoisotopic (exact) mass is 420 g/mol. The number of hydrogen-bond acceptors (Lipinski definition) is 7. The number of aromatic nitrogens is 3. The van der Waals surface area contributed by atoms with E-state index >= 15 is 0 Å². The van der Waals surface area contributed by atoms with Crippen molar-refractivity contribution in [1.82, 2.24) is 20.5 Å². The molecule has 0 bridgehead atoms. The van der Waals surface area contributed by atoms with Gasteiger partial charge in [0, 0.05) is 41.2 Å². The van der Waals surface area contributed by atoms with Crippen LogP contribution in [0, 0.1) is 0 Å². The summed E-state index contributed by atoms with van der Waals surface area (Å²) in [6.45, 7) is 3.78. The molecule has 0 aromatic carbocycles. The molecule has 1 saturated carbocycles. The molecule has 10 nitrogen and oxygen atoms in total. The molecule has 11 heteroatoms. The summed E-state index contributed by atoms with van der Waals surface area (Å²) in [5.41, 5.74) is 2.21. The predicted molar refractivity (Wildman–Crippen MR) is 107 cm³/mol. The number of nitrogens with one attached hydrogen (secondary N) is 4. The molecule has 1 amide bonds. The first-order valence-electron chi connectivity index (χ1n) is 9.57. The van der Waals surface area contributed by atoms with E-state index in [4.69, 9.17) is 4.74 Å². The Morgan fingerprint density at radius 1 is 1.34 bits per heavy atom. The van der Waals surface area contributed by atoms with Crippen LogP contribution in [0.5, 0.6) is 0 Å². The minimum atomic E-state index is -3.38. The molecule has 4 rings (SSSR count). The van der Waals surface area contributed by atoms with E-state index in [2.05, 4.69) is 30.5 Å². The van der Waals surface area contributed by atoms with Crippen LogP contribution in [0.25, 0.3) is 0 Å². The maximum atomic E-state index is 11.8. The number of H-pyrrole nitrogens is 1. The third-order valence-electron chi connectivity index (χ3n) is 5.01. The van der Waals surface area contributed by atoms with Gasteiger partial charge in [-0.25, -0.2) is 18.2 Å². The lowest BCUT2D eigenvalue weighted by Crippen LogP contribution is -2.33. The smallest absolute Gasteiger partial charge is 0.407 e. The molecular weight excluding hydrogens is 396 g/mol. The van der Waals surface area contributed by atoms with Crippen LogP contribution in [0.15, 0.2) is 18.3 Å². The standard InChI is InChI=1S/C18H24N6O4S/c1-10(2)20-18(25)28-12-4-3-11(7-12)15-8-16(23-22-15)21-14-5-6-19-17-13(14)9-29(26,27)24-17/h5-6,8,10-12H,3-4,7,9H2,1-2H3,(H,20,25)(H3,19,21,22,23,24)/t11-,12+/m0/s1. The minimum absolute atomic E-state index is 0.0424. The van der Waals surface area contributed by atoms with Crippen LogP contribution in [0.1, 0.15) is 50.3 Å². The first-order chi connectivity index (χ1) is 13.8. The highest BCUT2D eigenvalue weighted by atomic mass is 32.2. The fourth-order valence-electron chi connectivity index (χ4n) is 3.72. The number of anilines is 3. The van der Waals surface area contributed by atoms with E-state index in [-0.39, 0.29) is 29.9 Å². The number of ether oxygens (including phenoxy) is 1. The lowest BCUT2D eigenvalue weighted by molar-refractivity contribution is 0.0981. The first-order valence-corrected chi connectivity index (χ1v) is 11.2. The molecule has 29 heavy (non-hydrogen) atoms. The normalized spacial score (nSPS) is 22.2. The maximum absolute atomic E-state index is 11.8. The predicted octanol–water partition coefficient (Wildman–Crippen LogP) is 2.57. The number of sulfonamides is 1. The molecule has 2 atom stereocenters. The zero-order valence-electron chi connectivity index (χ0n) is 16.2. The van der Waals surface area contributed by atoms with Crippen LogP contribution >= 0.6 is 0 Å². The van der Waals surface area contributed by atoms with E-state index in [1.807, 2.05) is 19.9 Å². The molecule has 0 radical (unpaired) electrons. The fraction of sp³-hybridized carbons (Fsp3) is 0.500. The Balaban J connectivity index is 1.39. The van der Waals surface area contributed by atoms with Crippen molar-refractivity contribution in [3.05, 3.63) is 29.6 Å². The van der Waals surface area contributed by atoms with E-state index in [9.17, 15) is 13.2 Å². The average molecular weight is 420 g/mol. The van der Waals surface area contributed by atoms with Gasteiger partial charge in [-0.05, 0) is 39.2 Å². The van der Waals surface area contributed by atoms with Gasteiger partial charge in [-0.2, -0.15) is 5.10 Å². The SMILES string of the molecule is CC(C)NC(=O)O[C@@H]1CC[C@H](c2cc(Nc3ccnc4c3CS(=O)(=O)N4)n[nH]2)C1. The van der Waals surface area contributed by atoms with Gasteiger partial charge in [-0.3, -0.25) is 9.82 Å². The highest BCUT2D eigenvalue weighted by Crippen LogP contribution is 2.37. The van der Waals surface area contributed by atoms with Gasteiger partial charge in [-0.1, -0.05) is 0 Å². The zero-order chi connectivity index (χ0) is 20.6. The average Bonchev–Trinajstić information content (AvgIpc) is 3.32. The Labute approximate surface area is 168 Å². The summed E-state index contributed by atoms with van der Waals surface area (Å²) in [6, 6.07) is 3.67. The summed E-state index contributed by atoms with van der Waals surface area (Å²) in [5, 5.41) is 13.2. The molecule has 4 N–H and O–H groups in total. The topological polar surface area (TPSA) is 138 Å². The lowest BCUT2D eigenvalue weighted by Gasteiger charge is -2.14. The van der Waals surface area contributed by atoms with E-state index in [1.165, 1.54) is 0 Å². The van der Waals surface area contributed by atoms with Gasteiger partial charge >= 0.3 is 6.09 Å². The van der Waals surface area contributed by atoms with E-state index < -0.39 is 10.0 Å². The number of amides is 1. The minimum Gasteiger partial charge on any atom is -0.446 e. The molecule has 156 valence electrons. The van der Waals surface area contributed by atoms with Crippen LogP contribution in [-0.2, 0) is 20.5 Å². The number of nitrogens with zero attached hydrogens (tertiary/aromatic N) is 2. The van der Waals surface area contributed by atoms with E-state index in [1.54, 1.807) is 12.3 Å². The molecule has 0 spiro atoms. The number of pyridine rings is 1. The van der Waals surface area contributed by atoms with Crippen molar-refractivity contribution >= 4 is 33.4 Å². The summed E-state index contributed by atoms with van der Waals surface area (Å²) in [5.74, 6) is 1.05. The van der Waals surface area contributed by atoms with Gasteiger partial charge in [0.05, 0.1) is 5.75 Å². The Hall–Kier alpha value is -2.82. The maximum Gasteiger partial charge on any atom is 0.407 e. The number of aromatic amines is 1. The van der Waals surface area contributed by atoms with Gasteiger partial charge in [0.25, 0.3) is 0 Å².